The van der Waals surface area contributed by atoms with Crippen LogP contribution in [0.15, 0.2) is 41.3 Å². The Hall–Kier alpha value is -2.00. The summed E-state index contributed by atoms with van der Waals surface area (Å²) in [5, 5.41) is 10.5. The molecule has 2 aromatic rings. The molecule has 1 aliphatic heterocycles. The number of aliphatic hydroxyl groups is 1. The average Bonchev–Trinajstić information content (AvgIpc) is 3.09. The van der Waals surface area contributed by atoms with Gasteiger partial charge in [0.25, 0.3) is 0 Å². The summed E-state index contributed by atoms with van der Waals surface area (Å²) in [5.41, 5.74) is 0.626. The van der Waals surface area contributed by atoms with Gasteiger partial charge in [-0.15, -0.1) is 0 Å². The highest BCUT2D eigenvalue weighted by Gasteiger charge is 2.19. The van der Waals surface area contributed by atoms with Gasteiger partial charge in [0.15, 0.2) is 11.5 Å². The molecule has 1 unspecified atom stereocenters. The Morgan fingerprint density at radius 2 is 2.00 bits per heavy atom. The highest BCUT2D eigenvalue weighted by atomic mass is 35.5. The van der Waals surface area contributed by atoms with E-state index in [1.165, 1.54) is 25.3 Å². The monoisotopic (exact) mass is 399 g/mol. The zero-order chi connectivity index (χ0) is 18.7. The van der Waals surface area contributed by atoms with Gasteiger partial charge >= 0.3 is 0 Å². The molecule has 26 heavy (non-hydrogen) atoms. The fourth-order valence-corrected chi connectivity index (χ4v) is 3.91. The van der Waals surface area contributed by atoms with Gasteiger partial charge in [0.2, 0.25) is 16.8 Å². The Morgan fingerprint density at radius 1 is 1.23 bits per heavy atom. The molecule has 2 N–H and O–H groups in total. The van der Waals surface area contributed by atoms with Gasteiger partial charge in [-0.2, -0.15) is 0 Å². The van der Waals surface area contributed by atoms with Crippen LogP contribution in [0.25, 0.3) is 0 Å². The predicted molar refractivity (Wildman–Crippen MR) is 95.3 cm³/mol. The lowest BCUT2D eigenvalue weighted by Crippen LogP contribution is -2.26. The van der Waals surface area contributed by atoms with Gasteiger partial charge in [0.1, 0.15) is 5.75 Å². The van der Waals surface area contributed by atoms with E-state index in [-0.39, 0.29) is 29.7 Å². The lowest BCUT2D eigenvalue weighted by Gasteiger charge is -2.13. The lowest BCUT2D eigenvalue weighted by atomic mass is 10.1. The van der Waals surface area contributed by atoms with E-state index in [1.807, 2.05) is 0 Å². The van der Waals surface area contributed by atoms with Gasteiger partial charge in [0.05, 0.1) is 23.1 Å². The summed E-state index contributed by atoms with van der Waals surface area (Å²) in [6.45, 7) is 0.209. The van der Waals surface area contributed by atoms with Crippen LogP contribution in [0.3, 0.4) is 0 Å². The number of nitrogens with one attached hydrogen (secondary N) is 1. The van der Waals surface area contributed by atoms with E-state index in [1.54, 1.807) is 18.2 Å². The first kappa shape index (κ1) is 18.8. The molecule has 0 saturated carbocycles. The Bertz CT molecular complexity index is 902. The van der Waals surface area contributed by atoms with Crippen LogP contribution < -0.4 is 18.9 Å². The summed E-state index contributed by atoms with van der Waals surface area (Å²) in [7, 11) is -2.29. The first-order chi connectivity index (χ1) is 12.4. The second kappa shape index (κ2) is 7.71. The van der Waals surface area contributed by atoms with Crippen LogP contribution in [0.2, 0.25) is 5.02 Å². The molecule has 0 radical (unpaired) electrons. The number of sulfonamides is 1. The molecule has 0 amide bonds. The Kier molecular flexibility index (Phi) is 5.57. The minimum absolute atomic E-state index is 0.0286. The van der Waals surface area contributed by atoms with Crippen molar-refractivity contribution in [1.29, 1.82) is 0 Å². The van der Waals surface area contributed by atoms with E-state index in [9.17, 15) is 13.5 Å². The normalized spacial score (nSPS) is 14.3. The topological polar surface area (TPSA) is 94.1 Å². The Morgan fingerprint density at radius 3 is 2.73 bits per heavy atom. The van der Waals surface area contributed by atoms with Gasteiger partial charge in [-0.05, 0) is 42.3 Å². The molecule has 0 saturated heterocycles. The third kappa shape index (κ3) is 4.04. The van der Waals surface area contributed by atoms with Crippen LogP contribution in [0.1, 0.15) is 18.1 Å². The van der Waals surface area contributed by atoms with Crippen molar-refractivity contribution in [2.24, 2.45) is 0 Å². The molecule has 1 heterocycles. The molecule has 1 atom stereocenters. The van der Waals surface area contributed by atoms with Crippen molar-refractivity contribution >= 4 is 21.6 Å². The molecule has 0 fully saturated rings. The molecular formula is C17H18ClNO6S. The van der Waals surface area contributed by atoms with Gasteiger partial charge in [0, 0.05) is 6.54 Å². The fraction of sp³-hybridized carbons (Fsp3) is 0.294. The van der Waals surface area contributed by atoms with E-state index >= 15 is 0 Å². The maximum Gasteiger partial charge on any atom is 0.240 e. The second-order valence-corrected chi connectivity index (χ2v) is 7.79. The number of benzene rings is 2. The molecule has 9 heteroatoms. The molecule has 0 bridgehead atoms. The third-order valence-electron chi connectivity index (χ3n) is 3.92. The van der Waals surface area contributed by atoms with Crippen molar-refractivity contribution in [3.8, 4) is 17.2 Å². The zero-order valence-electron chi connectivity index (χ0n) is 13.9. The van der Waals surface area contributed by atoms with Crippen LogP contribution in [0.4, 0.5) is 0 Å². The van der Waals surface area contributed by atoms with E-state index in [0.29, 0.717) is 22.8 Å². The number of aliphatic hydroxyl groups excluding tert-OH is 1. The van der Waals surface area contributed by atoms with Crippen LogP contribution in [-0.2, 0) is 10.0 Å². The zero-order valence-corrected chi connectivity index (χ0v) is 15.5. The average molecular weight is 400 g/mol. The molecule has 0 aliphatic carbocycles. The highest BCUT2D eigenvalue weighted by Crippen LogP contribution is 2.34. The molecule has 2 aromatic carbocycles. The lowest BCUT2D eigenvalue weighted by molar-refractivity contribution is 0.166. The molecule has 1 aliphatic rings. The van der Waals surface area contributed by atoms with E-state index in [2.05, 4.69) is 4.72 Å². The van der Waals surface area contributed by atoms with Crippen molar-refractivity contribution in [1.82, 2.24) is 4.72 Å². The minimum atomic E-state index is -3.74. The summed E-state index contributed by atoms with van der Waals surface area (Å²) < 4.78 is 42.6. The van der Waals surface area contributed by atoms with Gasteiger partial charge in [-0.1, -0.05) is 17.7 Å². The van der Waals surface area contributed by atoms with Gasteiger partial charge in [-0.25, -0.2) is 13.1 Å². The minimum Gasteiger partial charge on any atom is -0.495 e. The predicted octanol–water partition coefficient (Wildman–Crippen LogP) is 2.48. The van der Waals surface area contributed by atoms with Crippen molar-refractivity contribution in [3.05, 3.63) is 47.0 Å². The fourth-order valence-electron chi connectivity index (χ4n) is 2.51. The molecule has 140 valence electrons. The van der Waals surface area contributed by atoms with Crippen molar-refractivity contribution in [2.45, 2.75) is 17.4 Å². The molecule has 0 spiro atoms. The molecule has 3 rings (SSSR count). The molecular weight excluding hydrogens is 382 g/mol. The molecule has 0 aromatic heterocycles. The van der Waals surface area contributed by atoms with Crippen LogP contribution in [0.5, 0.6) is 17.2 Å². The van der Waals surface area contributed by atoms with Crippen molar-refractivity contribution in [3.63, 3.8) is 0 Å². The summed E-state index contributed by atoms with van der Waals surface area (Å²) in [6, 6.07) is 9.32. The standard InChI is InChI=1S/C17H18ClNO6S/c1-23-15-5-3-12(9-13(15)18)26(21,22)19-7-6-14(20)11-2-4-16-17(8-11)25-10-24-16/h2-5,8-9,14,19-20H,6-7,10H2,1H3. The number of fused-ring (bicyclic) bond motifs is 1. The molecule has 7 nitrogen and oxygen atoms in total. The highest BCUT2D eigenvalue weighted by molar-refractivity contribution is 7.89. The maximum atomic E-state index is 12.3. The summed E-state index contributed by atoms with van der Waals surface area (Å²) in [6.07, 6.45) is -0.644. The van der Waals surface area contributed by atoms with E-state index in [4.69, 9.17) is 25.8 Å². The first-order valence-corrected chi connectivity index (χ1v) is 9.67. The Balaban J connectivity index is 1.60. The van der Waals surface area contributed by atoms with Gasteiger partial charge < -0.3 is 19.3 Å². The van der Waals surface area contributed by atoms with Crippen LogP contribution in [0, 0.1) is 0 Å². The second-order valence-electron chi connectivity index (χ2n) is 5.61. The number of methoxy groups -OCH3 is 1. The summed E-state index contributed by atoms with van der Waals surface area (Å²) in [5.74, 6) is 1.58. The van der Waals surface area contributed by atoms with Crippen molar-refractivity contribution < 1.29 is 27.7 Å². The van der Waals surface area contributed by atoms with E-state index < -0.39 is 16.1 Å². The SMILES string of the molecule is COc1ccc(S(=O)(=O)NCCC(O)c2ccc3c(c2)OCO3)cc1Cl. The third-order valence-corrected chi connectivity index (χ3v) is 5.68. The number of hydrogen-bond donors (Lipinski definition) is 2. The Labute approximate surface area is 156 Å². The van der Waals surface area contributed by atoms with Crippen LogP contribution in [-0.4, -0.2) is 34.0 Å². The summed E-state index contributed by atoms with van der Waals surface area (Å²) >= 11 is 5.97. The number of hydrogen-bond acceptors (Lipinski definition) is 6. The van der Waals surface area contributed by atoms with Crippen LogP contribution >= 0.6 is 11.6 Å². The maximum absolute atomic E-state index is 12.3. The largest absolute Gasteiger partial charge is 0.495 e. The number of rotatable bonds is 7. The van der Waals surface area contributed by atoms with E-state index in [0.717, 1.165) is 0 Å². The number of ether oxygens (including phenoxy) is 3. The van der Waals surface area contributed by atoms with Gasteiger partial charge in [-0.3, -0.25) is 0 Å². The number of halogens is 1. The van der Waals surface area contributed by atoms with Crippen molar-refractivity contribution in [2.75, 3.05) is 20.4 Å². The quantitative estimate of drug-likeness (QED) is 0.742. The summed E-state index contributed by atoms with van der Waals surface area (Å²) in [4.78, 5) is 0.0286. The first-order valence-electron chi connectivity index (χ1n) is 7.81. The smallest absolute Gasteiger partial charge is 0.240 e.